The van der Waals surface area contributed by atoms with E-state index in [1.165, 1.54) is 12.1 Å². The Morgan fingerprint density at radius 2 is 1.89 bits per heavy atom. The topological polar surface area (TPSA) is 32.3 Å². The molecule has 1 saturated carbocycles. The van der Waals surface area contributed by atoms with Gasteiger partial charge in [0.25, 0.3) is 0 Å². The van der Waals surface area contributed by atoms with Crippen molar-refractivity contribution in [2.45, 2.75) is 37.5 Å². The molecule has 1 aliphatic rings. The first-order chi connectivity index (χ1) is 8.47. The highest BCUT2D eigenvalue weighted by atomic mass is 19.4. The van der Waals surface area contributed by atoms with Crippen LogP contribution in [0.1, 0.15) is 30.4 Å². The van der Waals surface area contributed by atoms with Gasteiger partial charge in [-0.2, -0.15) is 13.2 Å². The molecule has 100 valence electrons. The Balaban J connectivity index is 2.10. The number of aliphatic hydroxyl groups excluding tert-OH is 1. The minimum atomic E-state index is -4.33. The predicted molar refractivity (Wildman–Crippen MR) is 62.0 cm³/mol. The zero-order valence-electron chi connectivity index (χ0n) is 9.93. The molecule has 1 aliphatic carbocycles. The zero-order valence-corrected chi connectivity index (χ0v) is 9.93. The first-order valence-corrected chi connectivity index (χ1v) is 5.98. The van der Waals surface area contributed by atoms with Gasteiger partial charge in [-0.3, -0.25) is 0 Å². The van der Waals surface area contributed by atoms with Crippen LogP contribution in [0.15, 0.2) is 24.3 Å². The molecule has 0 aliphatic heterocycles. The molecule has 2 nitrogen and oxygen atoms in total. The molecule has 0 radical (unpaired) electrons. The molecule has 1 fully saturated rings. The maximum Gasteiger partial charge on any atom is 0.416 e. The molecule has 0 amide bonds. The summed E-state index contributed by atoms with van der Waals surface area (Å²) in [6.07, 6.45) is -1.69. The summed E-state index contributed by atoms with van der Waals surface area (Å²) < 4.78 is 38.3. The third kappa shape index (κ3) is 2.67. The van der Waals surface area contributed by atoms with Crippen molar-refractivity contribution < 1.29 is 18.3 Å². The van der Waals surface area contributed by atoms with Gasteiger partial charge < -0.3 is 10.4 Å². The molecular weight excluding hydrogens is 243 g/mol. The number of halogens is 3. The summed E-state index contributed by atoms with van der Waals surface area (Å²) >= 11 is 0. The number of alkyl halides is 3. The van der Waals surface area contributed by atoms with Crippen LogP contribution in [0.4, 0.5) is 13.2 Å². The molecular formula is C13H16F3NO. The number of aliphatic hydroxyl groups is 1. The van der Waals surface area contributed by atoms with Crippen molar-refractivity contribution in [2.75, 3.05) is 6.61 Å². The van der Waals surface area contributed by atoms with Crippen molar-refractivity contribution in [2.24, 2.45) is 0 Å². The number of nitrogens with one attached hydrogen (secondary N) is 1. The third-order valence-corrected chi connectivity index (χ3v) is 3.59. The maximum absolute atomic E-state index is 12.8. The fourth-order valence-corrected chi connectivity index (χ4v) is 2.23. The summed E-state index contributed by atoms with van der Waals surface area (Å²) in [5.41, 5.74) is -0.756. The maximum atomic E-state index is 12.8. The normalized spacial score (nSPS) is 18.4. The second-order valence-corrected chi connectivity index (χ2v) is 4.80. The summed E-state index contributed by atoms with van der Waals surface area (Å²) in [4.78, 5) is 0. The molecule has 1 aromatic carbocycles. The lowest BCUT2D eigenvalue weighted by Gasteiger charge is -2.41. The minimum Gasteiger partial charge on any atom is -0.394 e. The summed E-state index contributed by atoms with van der Waals surface area (Å²) in [6, 6.07) is 5.54. The molecule has 5 heteroatoms. The van der Waals surface area contributed by atoms with Gasteiger partial charge in [0.2, 0.25) is 0 Å². The van der Waals surface area contributed by atoms with Gasteiger partial charge in [-0.05, 0) is 30.9 Å². The van der Waals surface area contributed by atoms with E-state index in [0.29, 0.717) is 0 Å². The third-order valence-electron chi connectivity index (χ3n) is 3.59. The summed E-state index contributed by atoms with van der Waals surface area (Å²) in [5.74, 6) is 0. The molecule has 1 aromatic rings. The van der Waals surface area contributed by atoms with Gasteiger partial charge in [0, 0.05) is 12.1 Å². The van der Waals surface area contributed by atoms with Crippen LogP contribution in [0.3, 0.4) is 0 Å². The number of hydrogen-bond acceptors (Lipinski definition) is 2. The molecule has 0 spiro atoms. The SMILES string of the molecule is OCC1(NCc2ccccc2C(F)(F)F)CCC1. The molecule has 0 bridgehead atoms. The Morgan fingerprint density at radius 1 is 1.22 bits per heavy atom. The van der Waals surface area contributed by atoms with Crippen molar-refractivity contribution in [3.05, 3.63) is 35.4 Å². The van der Waals surface area contributed by atoms with Crippen LogP contribution in [0, 0.1) is 0 Å². The van der Waals surface area contributed by atoms with Gasteiger partial charge in [-0.1, -0.05) is 18.2 Å². The van der Waals surface area contributed by atoms with Gasteiger partial charge in [0.05, 0.1) is 12.2 Å². The second-order valence-electron chi connectivity index (χ2n) is 4.80. The molecule has 0 aromatic heterocycles. The Labute approximate surface area is 104 Å². The first kappa shape index (κ1) is 13.4. The lowest BCUT2D eigenvalue weighted by Crippen LogP contribution is -2.53. The van der Waals surface area contributed by atoms with Crippen molar-refractivity contribution in [3.63, 3.8) is 0 Å². The van der Waals surface area contributed by atoms with Crippen molar-refractivity contribution in [3.8, 4) is 0 Å². The standard InChI is InChI=1S/C13H16F3NO/c14-13(15,16)11-5-2-1-4-10(11)8-17-12(9-18)6-3-7-12/h1-2,4-5,17-18H,3,6-9H2. The van der Waals surface area contributed by atoms with E-state index in [1.807, 2.05) is 0 Å². The van der Waals surface area contributed by atoms with Crippen molar-refractivity contribution >= 4 is 0 Å². The highest BCUT2D eigenvalue weighted by Gasteiger charge is 2.37. The fourth-order valence-electron chi connectivity index (χ4n) is 2.23. The fraction of sp³-hybridized carbons (Fsp3) is 0.538. The summed E-state index contributed by atoms with van der Waals surface area (Å²) in [5, 5.41) is 12.3. The van der Waals surface area contributed by atoms with Crippen LogP contribution < -0.4 is 5.32 Å². The van der Waals surface area contributed by atoms with Crippen molar-refractivity contribution in [1.29, 1.82) is 0 Å². The highest BCUT2D eigenvalue weighted by Crippen LogP contribution is 2.34. The van der Waals surface area contributed by atoms with E-state index < -0.39 is 11.7 Å². The van der Waals surface area contributed by atoms with Crippen molar-refractivity contribution in [1.82, 2.24) is 5.32 Å². The molecule has 2 rings (SSSR count). The molecule has 0 atom stereocenters. The Kier molecular flexibility index (Phi) is 3.64. The van der Waals surface area contributed by atoms with Crippen LogP contribution in [-0.4, -0.2) is 17.3 Å². The molecule has 0 saturated heterocycles. The average molecular weight is 259 g/mol. The van der Waals surface area contributed by atoms with Gasteiger partial charge in [-0.15, -0.1) is 0 Å². The molecule has 0 unspecified atom stereocenters. The van der Waals surface area contributed by atoms with Gasteiger partial charge in [-0.25, -0.2) is 0 Å². The average Bonchev–Trinajstić information content (AvgIpc) is 2.27. The predicted octanol–water partition coefficient (Wildman–Crippen LogP) is 2.71. The van der Waals surface area contributed by atoms with Gasteiger partial charge in [0.15, 0.2) is 0 Å². The van der Waals surface area contributed by atoms with E-state index >= 15 is 0 Å². The smallest absolute Gasteiger partial charge is 0.394 e. The molecule has 0 heterocycles. The second kappa shape index (κ2) is 4.90. The van der Waals surface area contributed by atoms with E-state index in [0.717, 1.165) is 25.3 Å². The van der Waals surface area contributed by atoms with Crippen LogP contribution in [-0.2, 0) is 12.7 Å². The lowest BCUT2D eigenvalue weighted by atomic mass is 9.77. The van der Waals surface area contributed by atoms with Crippen LogP contribution >= 0.6 is 0 Å². The summed E-state index contributed by atoms with van der Waals surface area (Å²) in [6.45, 7) is 0.109. The zero-order chi connectivity index (χ0) is 13.2. The Morgan fingerprint density at radius 3 is 2.39 bits per heavy atom. The number of benzene rings is 1. The van der Waals surface area contributed by atoms with Gasteiger partial charge >= 0.3 is 6.18 Å². The molecule has 18 heavy (non-hydrogen) atoms. The highest BCUT2D eigenvalue weighted by molar-refractivity contribution is 5.29. The van der Waals surface area contributed by atoms with Crippen LogP contribution in [0.5, 0.6) is 0 Å². The van der Waals surface area contributed by atoms with E-state index in [-0.39, 0.29) is 24.3 Å². The number of hydrogen-bond donors (Lipinski definition) is 2. The van der Waals surface area contributed by atoms with E-state index in [2.05, 4.69) is 5.32 Å². The van der Waals surface area contributed by atoms with E-state index in [1.54, 1.807) is 6.07 Å². The van der Waals surface area contributed by atoms with Crippen LogP contribution in [0.25, 0.3) is 0 Å². The first-order valence-electron chi connectivity index (χ1n) is 5.98. The van der Waals surface area contributed by atoms with Gasteiger partial charge in [0.1, 0.15) is 0 Å². The quantitative estimate of drug-likeness (QED) is 0.871. The summed E-state index contributed by atoms with van der Waals surface area (Å²) in [7, 11) is 0. The van der Waals surface area contributed by atoms with Crippen LogP contribution in [0.2, 0.25) is 0 Å². The number of rotatable bonds is 4. The van der Waals surface area contributed by atoms with E-state index in [4.69, 9.17) is 0 Å². The lowest BCUT2D eigenvalue weighted by molar-refractivity contribution is -0.138. The largest absolute Gasteiger partial charge is 0.416 e. The Bertz CT molecular complexity index is 407. The van der Waals surface area contributed by atoms with E-state index in [9.17, 15) is 18.3 Å². The minimum absolute atomic E-state index is 0.0266. The Hall–Kier alpha value is -1.07. The molecule has 2 N–H and O–H groups in total. The monoisotopic (exact) mass is 259 g/mol.